The number of nitrogens with one attached hydrogen (secondary N) is 1. The van der Waals surface area contributed by atoms with Crippen molar-refractivity contribution in [1.29, 1.82) is 0 Å². The Bertz CT molecular complexity index is 573. The summed E-state index contributed by atoms with van der Waals surface area (Å²) in [5.41, 5.74) is 3.38. The third-order valence-corrected chi connectivity index (χ3v) is 2.67. The Morgan fingerprint density at radius 2 is 2.31 bits per heavy atom. The van der Waals surface area contributed by atoms with Crippen molar-refractivity contribution in [1.82, 2.24) is 20.1 Å². The number of nitrogens with zero attached hydrogens (tertiary/aromatic N) is 3. The predicted octanol–water partition coefficient (Wildman–Crippen LogP) is 0.726. The number of carbonyl (C=O) groups is 1. The molecule has 0 aliphatic carbocycles. The molecule has 0 aromatic carbocycles. The predicted molar refractivity (Wildman–Crippen MR) is 57.6 cm³/mol. The van der Waals surface area contributed by atoms with Crippen LogP contribution in [-0.2, 0) is 13.6 Å². The first kappa shape index (κ1) is 9.08. The third-order valence-electron chi connectivity index (χ3n) is 2.67. The molecule has 5 heteroatoms. The zero-order valence-electron chi connectivity index (χ0n) is 8.77. The number of hydrogen-bond acceptors (Lipinski definition) is 3. The van der Waals surface area contributed by atoms with Crippen LogP contribution in [0.3, 0.4) is 0 Å². The van der Waals surface area contributed by atoms with Crippen LogP contribution in [0, 0.1) is 0 Å². The second-order valence-electron chi connectivity index (χ2n) is 3.81. The van der Waals surface area contributed by atoms with Crippen molar-refractivity contribution < 1.29 is 4.79 Å². The lowest BCUT2D eigenvalue weighted by atomic mass is 10.1. The van der Waals surface area contributed by atoms with Crippen molar-refractivity contribution in [3.63, 3.8) is 0 Å². The molecule has 0 unspecified atom stereocenters. The maximum Gasteiger partial charge on any atom is 0.252 e. The van der Waals surface area contributed by atoms with Gasteiger partial charge in [0.1, 0.15) is 0 Å². The Labute approximate surface area is 92.1 Å². The highest BCUT2D eigenvalue weighted by molar-refractivity contribution is 5.99. The number of pyridine rings is 1. The Hall–Kier alpha value is -2.17. The van der Waals surface area contributed by atoms with Crippen molar-refractivity contribution in [2.24, 2.45) is 7.05 Å². The van der Waals surface area contributed by atoms with E-state index in [0.29, 0.717) is 12.1 Å². The van der Waals surface area contributed by atoms with E-state index in [1.165, 1.54) is 0 Å². The lowest BCUT2D eigenvalue weighted by Gasteiger charge is -1.99. The fourth-order valence-corrected chi connectivity index (χ4v) is 1.82. The maximum atomic E-state index is 11.5. The molecule has 0 atom stereocenters. The molecule has 0 spiro atoms. The normalized spacial score (nSPS) is 13.7. The van der Waals surface area contributed by atoms with Gasteiger partial charge in [-0.1, -0.05) is 0 Å². The van der Waals surface area contributed by atoms with Crippen molar-refractivity contribution in [3.05, 3.63) is 35.8 Å². The number of hydrogen-bond donors (Lipinski definition) is 1. The van der Waals surface area contributed by atoms with Crippen molar-refractivity contribution in [2.75, 3.05) is 0 Å². The van der Waals surface area contributed by atoms with Gasteiger partial charge in [-0.15, -0.1) is 0 Å². The van der Waals surface area contributed by atoms with Crippen LogP contribution in [0.4, 0.5) is 0 Å². The summed E-state index contributed by atoms with van der Waals surface area (Å²) in [7, 11) is 1.85. The second-order valence-corrected chi connectivity index (χ2v) is 3.81. The largest absolute Gasteiger partial charge is 0.348 e. The van der Waals surface area contributed by atoms with Gasteiger partial charge in [0.15, 0.2) is 0 Å². The first-order valence-corrected chi connectivity index (χ1v) is 5.00. The standard InChI is InChI=1S/C11H10N4O/c1-15-6-8(5-14-15)10-2-9-7(3-12-10)4-13-11(9)16/h2-3,5-6H,4H2,1H3,(H,13,16). The van der Waals surface area contributed by atoms with Crippen LogP contribution >= 0.6 is 0 Å². The monoisotopic (exact) mass is 214 g/mol. The summed E-state index contributed by atoms with van der Waals surface area (Å²) in [4.78, 5) is 15.8. The fourth-order valence-electron chi connectivity index (χ4n) is 1.82. The lowest BCUT2D eigenvalue weighted by molar-refractivity contribution is 0.0966. The third kappa shape index (κ3) is 1.29. The van der Waals surface area contributed by atoms with Gasteiger partial charge in [0.25, 0.3) is 5.91 Å². The van der Waals surface area contributed by atoms with Gasteiger partial charge in [0.05, 0.1) is 11.9 Å². The summed E-state index contributed by atoms with van der Waals surface area (Å²) in [5.74, 6) is -0.0254. The minimum absolute atomic E-state index is 0.0254. The average Bonchev–Trinajstić information content (AvgIpc) is 2.86. The zero-order chi connectivity index (χ0) is 11.1. The van der Waals surface area contributed by atoms with Crippen molar-refractivity contribution >= 4 is 5.91 Å². The molecule has 1 N–H and O–H groups in total. The van der Waals surface area contributed by atoms with E-state index in [9.17, 15) is 4.79 Å². The second kappa shape index (κ2) is 3.16. The minimum Gasteiger partial charge on any atom is -0.348 e. The van der Waals surface area contributed by atoms with Gasteiger partial charge in [-0.05, 0) is 6.07 Å². The summed E-state index contributed by atoms with van der Waals surface area (Å²) < 4.78 is 1.71. The van der Waals surface area contributed by atoms with Crippen molar-refractivity contribution in [3.8, 4) is 11.3 Å². The number of aryl methyl sites for hydroxylation is 1. The number of rotatable bonds is 1. The summed E-state index contributed by atoms with van der Waals surface area (Å²) in [5, 5.41) is 6.85. The van der Waals surface area contributed by atoms with Crippen molar-refractivity contribution in [2.45, 2.75) is 6.54 Å². The van der Waals surface area contributed by atoms with E-state index in [1.807, 2.05) is 19.3 Å². The van der Waals surface area contributed by atoms with Crippen LogP contribution in [0.1, 0.15) is 15.9 Å². The van der Waals surface area contributed by atoms with Gasteiger partial charge < -0.3 is 5.32 Å². The van der Waals surface area contributed by atoms with Crippen LogP contribution in [0.15, 0.2) is 24.7 Å². The molecule has 0 fully saturated rings. The Kier molecular flexibility index (Phi) is 1.80. The molecular weight excluding hydrogens is 204 g/mol. The van der Waals surface area contributed by atoms with Crippen LogP contribution < -0.4 is 5.32 Å². The summed E-state index contributed by atoms with van der Waals surface area (Å²) in [6, 6.07) is 1.81. The molecule has 0 saturated carbocycles. The lowest BCUT2D eigenvalue weighted by Crippen LogP contribution is -2.12. The molecule has 80 valence electrons. The Morgan fingerprint density at radius 1 is 1.44 bits per heavy atom. The first-order chi connectivity index (χ1) is 7.74. The van der Waals surface area contributed by atoms with Gasteiger partial charge in [-0.25, -0.2) is 0 Å². The van der Waals surface area contributed by atoms with Crippen LogP contribution in [0.5, 0.6) is 0 Å². The van der Waals surface area contributed by atoms with E-state index in [-0.39, 0.29) is 5.91 Å². The van der Waals surface area contributed by atoms with E-state index in [2.05, 4.69) is 15.4 Å². The number of aromatic nitrogens is 3. The first-order valence-electron chi connectivity index (χ1n) is 5.00. The Morgan fingerprint density at radius 3 is 3.06 bits per heavy atom. The molecular formula is C11H10N4O. The summed E-state index contributed by atoms with van der Waals surface area (Å²) >= 11 is 0. The molecule has 1 aliphatic heterocycles. The quantitative estimate of drug-likeness (QED) is 0.761. The molecule has 1 amide bonds. The topological polar surface area (TPSA) is 59.8 Å². The fraction of sp³-hybridized carbons (Fsp3) is 0.182. The highest BCUT2D eigenvalue weighted by Gasteiger charge is 2.19. The molecule has 0 saturated heterocycles. The van der Waals surface area contributed by atoms with Gasteiger partial charge in [0.2, 0.25) is 0 Å². The molecule has 3 heterocycles. The maximum absolute atomic E-state index is 11.5. The van der Waals surface area contributed by atoms with E-state index >= 15 is 0 Å². The molecule has 2 aromatic heterocycles. The van der Waals surface area contributed by atoms with Crippen LogP contribution in [0.25, 0.3) is 11.3 Å². The minimum atomic E-state index is -0.0254. The molecule has 1 aliphatic rings. The van der Waals surface area contributed by atoms with E-state index in [0.717, 1.165) is 16.8 Å². The molecule has 0 radical (unpaired) electrons. The molecule has 3 rings (SSSR count). The van der Waals surface area contributed by atoms with E-state index in [1.54, 1.807) is 17.1 Å². The average molecular weight is 214 g/mol. The van der Waals surface area contributed by atoms with Gasteiger partial charge in [-0.2, -0.15) is 5.10 Å². The van der Waals surface area contributed by atoms with E-state index < -0.39 is 0 Å². The van der Waals surface area contributed by atoms with E-state index in [4.69, 9.17) is 0 Å². The zero-order valence-corrected chi connectivity index (χ0v) is 8.77. The van der Waals surface area contributed by atoms with Crippen LogP contribution in [-0.4, -0.2) is 20.7 Å². The highest BCUT2D eigenvalue weighted by atomic mass is 16.1. The highest BCUT2D eigenvalue weighted by Crippen LogP contribution is 2.21. The molecule has 16 heavy (non-hydrogen) atoms. The summed E-state index contributed by atoms with van der Waals surface area (Å²) in [6.45, 7) is 0.578. The number of fused-ring (bicyclic) bond motifs is 1. The molecule has 5 nitrogen and oxygen atoms in total. The van der Waals surface area contributed by atoms with Gasteiger partial charge >= 0.3 is 0 Å². The van der Waals surface area contributed by atoms with Gasteiger partial charge in [-0.3, -0.25) is 14.5 Å². The van der Waals surface area contributed by atoms with Gasteiger partial charge in [0, 0.05) is 42.7 Å². The summed E-state index contributed by atoms with van der Waals surface area (Å²) in [6.07, 6.45) is 5.36. The smallest absolute Gasteiger partial charge is 0.252 e. The van der Waals surface area contributed by atoms with Crippen LogP contribution in [0.2, 0.25) is 0 Å². The molecule has 0 bridgehead atoms. The SMILES string of the molecule is Cn1cc(-c2cc3c(cn2)CNC3=O)cn1. The molecule has 2 aromatic rings. The Balaban J connectivity index is 2.10. The number of amides is 1. The number of carbonyl (C=O) groups excluding carboxylic acids is 1.